The summed E-state index contributed by atoms with van der Waals surface area (Å²) < 4.78 is 10.4. The fourth-order valence-corrected chi connectivity index (χ4v) is 2.40. The van der Waals surface area contributed by atoms with Crippen LogP contribution in [0.25, 0.3) is 0 Å². The van der Waals surface area contributed by atoms with Crippen molar-refractivity contribution in [2.75, 3.05) is 26.1 Å². The van der Waals surface area contributed by atoms with Gasteiger partial charge in [0.1, 0.15) is 11.5 Å². The van der Waals surface area contributed by atoms with Gasteiger partial charge in [-0.15, -0.1) is 12.4 Å². The number of methoxy groups -OCH3 is 2. The minimum atomic E-state index is -0.505. The highest BCUT2D eigenvalue weighted by atomic mass is 35.5. The molecule has 1 unspecified atom stereocenters. The van der Waals surface area contributed by atoms with Gasteiger partial charge in [0.15, 0.2) is 0 Å². The van der Waals surface area contributed by atoms with E-state index in [0.29, 0.717) is 17.2 Å². The quantitative estimate of drug-likeness (QED) is 0.897. The number of anilines is 1. The van der Waals surface area contributed by atoms with Crippen LogP contribution in [0.2, 0.25) is 0 Å². The zero-order chi connectivity index (χ0) is 14.6. The summed E-state index contributed by atoms with van der Waals surface area (Å²) in [6.07, 6.45) is 3.04. The molecule has 0 radical (unpaired) electrons. The number of rotatable bonds is 4. The number of nitrogens with one attached hydrogen (secondary N) is 2. The van der Waals surface area contributed by atoms with Crippen LogP contribution < -0.4 is 20.1 Å². The van der Waals surface area contributed by atoms with Crippen LogP contribution in [0.5, 0.6) is 11.5 Å². The monoisotopic (exact) mass is 314 g/mol. The topological polar surface area (TPSA) is 59.6 Å². The summed E-state index contributed by atoms with van der Waals surface area (Å²) in [6, 6.07) is 5.34. The zero-order valence-electron chi connectivity index (χ0n) is 12.7. The van der Waals surface area contributed by atoms with Crippen molar-refractivity contribution >= 4 is 24.0 Å². The number of ether oxygens (including phenoxy) is 2. The number of carbonyl (C=O) groups is 1. The number of benzene rings is 1. The van der Waals surface area contributed by atoms with E-state index in [0.717, 1.165) is 25.8 Å². The van der Waals surface area contributed by atoms with Gasteiger partial charge < -0.3 is 20.1 Å². The van der Waals surface area contributed by atoms with E-state index >= 15 is 0 Å². The molecule has 1 aromatic rings. The fraction of sp³-hybridized carbons (Fsp3) is 0.533. The molecule has 6 heteroatoms. The molecule has 0 saturated carbocycles. The minimum Gasteiger partial charge on any atom is -0.497 e. The second-order valence-electron chi connectivity index (χ2n) is 5.27. The van der Waals surface area contributed by atoms with Gasteiger partial charge in [0.2, 0.25) is 5.91 Å². The van der Waals surface area contributed by atoms with E-state index in [2.05, 4.69) is 10.6 Å². The second-order valence-corrected chi connectivity index (χ2v) is 5.27. The lowest BCUT2D eigenvalue weighted by atomic mass is 9.90. The molecule has 1 aliphatic rings. The van der Waals surface area contributed by atoms with Crippen molar-refractivity contribution in [1.29, 1.82) is 0 Å². The molecule has 21 heavy (non-hydrogen) atoms. The molecule has 0 spiro atoms. The minimum absolute atomic E-state index is 0. The van der Waals surface area contributed by atoms with Gasteiger partial charge in [-0.2, -0.15) is 0 Å². The smallest absolute Gasteiger partial charge is 0.244 e. The van der Waals surface area contributed by atoms with Crippen molar-refractivity contribution < 1.29 is 14.3 Å². The number of halogens is 1. The highest BCUT2D eigenvalue weighted by molar-refractivity contribution is 5.98. The van der Waals surface area contributed by atoms with E-state index in [1.165, 1.54) is 0 Å². The van der Waals surface area contributed by atoms with Gasteiger partial charge in [0, 0.05) is 23.9 Å². The van der Waals surface area contributed by atoms with Crippen molar-refractivity contribution in [3.05, 3.63) is 18.2 Å². The maximum Gasteiger partial charge on any atom is 0.244 e. The Kier molecular flexibility index (Phi) is 6.30. The van der Waals surface area contributed by atoms with Crippen LogP contribution >= 0.6 is 12.4 Å². The Labute approximate surface area is 131 Å². The first kappa shape index (κ1) is 17.6. The van der Waals surface area contributed by atoms with Crippen LogP contribution in [0.1, 0.15) is 26.2 Å². The van der Waals surface area contributed by atoms with E-state index < -0.39 is 5.54 Å². The number of carbonyl (C=O) groups excluding carboxylic acids is 1. The number of piperidine rings is 1. The molecule has 118 valence electrons. The van der Waals surface area contributed by atoms with E-state index in [9.17, 15) is 4.79 Å². The summed E-state index contributed by atoms with van der Waals surface area (Å²) in [4.78, 5) is 12.4. The van der Waals surface area contributed by atoms with Crippen LogP contribution in [0, 0.1) is 0 Å². The molecular formula is C15H23ClN2O3. The molecule has 2 rings (SSSR count). The molecule has 0 aliphatic carbocycles. The summed E-state index contributed by atoms with van der Waals surface area (Å²) in [5, 5.41) is 6.24. The van der Waals surface area contributed by atoms with E-state index in [1.54, 1.807) is 32.4 Å². The Morgan fingerprint density at radius 3 is 2.29 bits per heavy atom. The molecule has 2 N–H and O–H groups in total. The highest BCUT2D eigenvalue weighted by Crippen LogP contribution is 2.27. The predicted octanol–water partition coefficient (Wildman–Crippen LogP) is 2.60. The second kappa shape index (κ2) is 7.52. The molecule has 1 aromatic carbocycles. The van der Waals surface area contributed by atoms with Gasteiger partial charge in [-0.1, -0.05) is 0 Å². The van der Waals surface area contributed by atoms with Gasteiger partial charge in [-0.05, 0) is 32.7 Å². The zero-order valence-corrected chi connectivity index (χ0v) is 13.5. The molecule has 1 fully saturated rings. The maximum atomic E-state index is 12.4. The lowest BCUT2D eigenvalue weighted by Gasteiger charge is -2.33. The first-order valence-corrected chi connectivity index (χ1v) is 6.87. The van der Waals surface area contributed by atoms with Crippen molar-refractivity contribution in [3.8, 4) is 11.5 Å². The summed E-state index contributed by atoms with van der Waals surface area (Å²) in [5.41, 5.74) is 0.175. The van der Waals surface area contributed by atoms with Crippen molar-refractivity contribution in [2.45, 2.75) is 31.7 Å². The fourth-order valence-electron chi connectivity index (χ4n) is 2.40. The number of hydrogen-bond acceptors (Lipinski definition) is 4. The SMILES string of the molecule is COc1cc(NC(=O)C2(C)CCCCN2)cc(OC)c1.Cl. The molecule has 1 saturated heterocycles. The van der Waals surface area contributed by atoms with Crippen LogP contribution in [0.4, 0.5) is 5.69 Å². The predicted molar refractivity (Wildman–Crippen MR) is 85.7 cm³/mol. The Morgan fingerprint density at radius 1 is 1.19 bits per heavy atom. The van der Waals surface area contributed by atoms with Crippen molar-refractivity contribution in [1.82, 2.24) is 5.32 Å². The molecule has 1 atom stereocenters. The largest absolute Gasteiger partial charge is 0.497 e. The standard InChI is InChI=1S/C15H22N2O3.ClH/c1-15(6-4-5-7-16-15)14(18)17-11-8-12(19-2)10-13(9-11)20-3;/h8-10,16H,4-7H2,1-3H3,(H,17,18);1H. The Morgan fingerprint density at radius 2 is 1.81 bits per heavy atom. The lowest BCUT2D eigenvalue weighted by molar-refractivity contribution is -0.122. The molecule has 0 aromatic heterocycles. The van der Waals surface area contributed by atoms with E-state index in [4.69, 9.17) is 9.47 Å². The summed E-state index contributed by atoms with van der Waals surface area (Å²) in [7, 11) is 3.18. The van der Waals surface area contributed by atoms with Crippen molar-refractivity contribution in [3.63, 3.8) is 0 Å². The molecule has 0 bridgehead atoms. The van der Waals surface area contributed by atoms with Gasteiger partial charge in [0.05, 0.1) is 19.8 Å². The van der Waals surface area contributed by atoms with E-state index in [1.807, 2.05) is 6.92 Å². The Hall–Kier alpha value is -1.46. The average molecular weight is 315 g/mol. The Bertz CT molecular complexity index is 466. The summed E-state index contributed by atoms with van der Waals surface area (Å²) >= 11 is 0. The number of hydrogen-bond donors (Lipinski definition) is 2. The molecule has 5 nitrogen and oxygen atoms in total. The third-order valence-electron chi connectivity index (χ3n) is 3.73. The van der Waals surface area contributed by atoms with Gasteiger partial charge in [0.25, 0.3) is 0 Å². The van der Waals surface area contributed by atoms with Crippen molar-refractivity contribution in [2.24, 2.45) is 0 Å². The van der Waals surface area contributed by atoms with E-state index in [-0.39, 0.29) is 18.3 Å². The normalized spacial score (nSPS) is 21.1. The van der Waals surface area contributed by atoms with Crippen LogP contribution in [0.15, 0.2) is 18.2 Å². The summed E-state index contributed by atoms with van der Waals surface area (Å²) in [6.45, 7) is 2.82. The third kappa shape index (κ3) is 4.25. The molecule has 1 amide bonds. The molecule has 1 aliphatic heterocycles. The number of amides is 1. The summed E-state index contributed by atoms with van der Waals surface area (Å²) in [5.74, 6) is 1.29. The van der Waals surface area contributed by atoms with Gasteiger partial charge >= 0.3 is 0 Å². The van der Waals surface area contributed by atoms with Gasteiger partial charge in [-0.25, -0.2) is 0 Å². The van der Waals surface area contributed by atoms with Crippen LogP contribution in [-0.4, -0.2) is 32.2 Å². The van der Waals surface area contributed by atoms with Crippen LogP contribution in [-0.2, 0) is 4.79 Å². The highest BCUT2D eigenvalue weighted by Gasteiger charge is 2.34. The maximum absolute atomic E-state index is 12.4. The molecular weight excluding hydrogens is 292 g/mol. The molecule has 1 heterocycles. The van der Waals surface area contributed by atoms with Gasteiger partial charge in [-0.3, -0.25) is 4.79 Å². The average Bonchev–Trinajstić information content (AvgIpc) is 2.47. The third-order valence-corrected chi connectivity index (χ3v) is 3.73. The first-order chi connectivity index (χ1) is 9.57. The van der Waals surface area contributed by atoms with Crippen LogP contribution in [0.3, 0.4) is 0 Å². The lowest BCUT2D eigenvalue weighted by Crippen LogP contribution is -2.54. The Balaban J connectivity index is 0.00000220. The first-order valence-electron chi connectivity index (χ1n) is 6.87.